The van der Waals surface area contributed by atoms with Crippen LogP contribution in [0.1, 0.15) is 59.3 Å². The molecular weight excluding hydrogens is 304 g/mol. The van der Waals surface area contributed by atoms with E-state index in [-0.39, 0.29) is 23.7 Å². The van der Waals surface area contributed by atoms with Gasteiger partial charge >= 0.3 is 5.97 Å². The first kappa shape index (κ1) is 18.9. The van der Waals surface area contributed by atoms with Crippen molar-refractivity contribution >= 4 is 5.97 Å². The number of hydrogen-bond acceptors (Lipinski definition) is 3. The third-order valence-corrected chi connectivity index (χ3v) is 5.37. The van der Waals surface area contributed by atoms with Gasteiger partial charge in [0, 0.05) is 11.5 Å². The number of aliphatic carboxylic acids is 1. The molecule has 4 heteroatoms. The lowest BCUT2D eigenvalue weighted by Crippen LogP contribution is -2.39. The largest absolute Gasteiger partial charge is 0.478 e. The van der Waals surface area contributed by atoms with Crippen LogP contribution in [0.25, 0.3) is 0 Å². The molecule has 2 rings (SSSR count). The maximum Gasteiger partial charge on any atom is 0.331 e. The molecule has 2 heterocycles. The Morgan fingerprint density at radius 3 is 2.62 bits per heavy atom. The van der Waals surface area contributed by atoms with E-state index >= 15 is 0 Å². The zero-order valence-electron chi connectivity index (χ0n) is 15.0. The van der Waals surface area contributed by atoms with Gasteiger partial charge in [0.25, 0.3) is 0 Å². The van der Waals surface area contributed by atoms with Crippen LogP contribution in [0.15, 0.2) is 35.5 Å². The van der Waals surface area contributed by atoms with Crippen LogP contribution in [0.2, 0.25) is 0 Å². The van der Waals surface area contributed by atoms with Crippen LogP contribution in [0.5, 0.6) is 0 Å². The molecule has 2 N–H and O–H groups in total. The standard InChI is InChI=1S/C20H30O4/c1-13-7-5-8-14(2)11-17-16(15(3)19(21)22)12-18(24-17)20(4,23)10-6-9-13/h8-9,16-18,23H,3,5-7,10-12H2,1-2,4H3,(H,21,22)/t16-,17-,18+,20+/m0/s1. The molecule has 24 heavy (non-hydrogen) atoms. The van der Waals surface area contributed by atoms with Crippen LogP contribution in [-0.4, -0.2) is 34.0 Å². The van der Waals surface area contributed by atoms with Crippen molar-refractivity contribution in [3.63, 3.8) is 0 Å². The number of allylic oxidation sites excluding steroid dienone is 3. The maximum atomic E-state index is 11.4. The Balaban J connectivity index is 2.27. The summed E-state index contributed by atoms with van der Waals surface area (Å²) in [6.45, 7) is 9.74. The van der Waals surface area contributed by atoms with E-state index in [1.54, 1.807) is 6.92 Å². The van der Waals surface area contributed by atoms with Gasteiger partial charge in [-0.1, -0.05) is 29.9 Å². The Morgan fingerprint density at radius 2 is 1.96 bits per heavy atom. The van der Waals surface area contributed by atoms with E-state index in [4.69, 9.17) is 4.74 Å². The van der Waals surface area contributed by atoms with E-state index in [2.05, 4.69) is 32.6 Å². The monoisotopic (exact) mass is 334 g/mol. The first-order valence-corrected chi connectivity index (χ1v) is 8.82. The molecule has 2 aliphatic heterocycles. The number of hydrogen-bond donors (Lipinski definition) is 2. The number of ether oxygens (including phenoxy) is 1. The Hall–Kier alpha value is -1.39. The fourth-order valence-corrected chi connectivity index (χ4v) is 3.68. The van der Waals surface area contributed by atoms with Crippen LogP contribution in [0.3, 0.4) is 0 Å². The molecule has 0 spiro atoms. The van der Waals surface area contributed by atoms with Crippen LogP contribution < -0.4 is 0 Å². The number of fused-ring (bicyclic) bond motifs is 2. The average Bonchev–Trinajstić information content (AvgIpc) is 2.90. The lowest BCUT2D eigenvalue weighted by atomic mass is 9.83. The Kier molecular flexibility index (Phi) is 6.05. The van der Waals surface area contributed by atoms with Crippen molar-refractivity contribution in [2.45, 2.75) is 77.1 Å². The smallest absolute Gasteiger partial charge is 0.331 e. The normalized spacial score (nSPS) is 35.1. The first-order chi connectivity index (χ1) is 11.2. The van der Waals surface area contributed by atoms with E-state index < -0.39 is 11.6 Å². The number of aliphatic hydroxyl groups is 1. The highest BCUT2D eigenvalue weighted by atomic mass is 16.5. The van der Waals surface area contributed by atoms with E-state index in [0.29, 0.717) is 19.3 Å². The van der Waals surface area contributed by atoms with Gasteiger partial charge in [-0.3, -0.25) is 0 Å². The van der Waals surface area contributed by atoms with Gasteiger partial charge in [0.05, 0.1) is 17.8 Å². The molecule has 0 unspecified atom stereocenters. The minimum atomic E-state index is -0.977. The maximum absolute atomic E-state index is 11.4. The number of carboxylic acid groups (broad SMARTS) is 1. The van der Waals surface area contributed by atoms with E-state index in [1.807, 2.05) is 0 Å². The predicted molar refractivity (Wildman–Crippen MR) is 94.8 cm³/mol. The van der Waals surface area contributed by atoms with Crippen molar-refractivity contribution in [2.24, 2.45) is 5.92 Å². The van der Waals surface area contributed by atoms with Crippen molar-refractivity contribution in [2.75, 3.05) is 0 Å². The van der Waals surface area contributed by atoms with E-state index in [0.717, 1.165) is 19.3 Å². The summed E-state index contributed by atoms with van der Waals surface area (Å²) in [6, 6.07) is 0. The van der Waals surface area contributed by atoms with Crippen LogP contribution in [0, 0.1) is 5.92 Å². The summed E-state index contributed by atoms with van der Waals surface area (Å²) >= 11 is 0. The number of rotatable bonds is 2. The quantitative estimate of drug-likeness (QED) is 0.591. The van der Waals surface area contributed by atoms with Gasteiger partial charge in [-0.2, -0.15) is 0 Å². The van der Waals surface area contributed by atoms with Crippen LogP contribution in [0.4, 0.5) is 0 Å². The highest BCUT2D eigenvalue weighted by Gasteiger charge is 2.45. The van der Waals surface area contributed by atoms with Crippen molar-refractivity contribution in [3.8, 4) is 0 Å². The van der Waals surface area contributed by atoms with Gasteiger partial charge in [0.15, 0.2) is 0 Å². The molecule has 2 aliphatic rings. The Bertz CT molecular complexity index is 556. The van der Waals surface area contributed by atoms with E-state index in [9.17, 15) is 15.0 Å². The lowest BCUT2D eigenvalue weighted by Gasteiger charge is -2.29. The molecule has 0 saturated carbocycles. The van der Waals surface area contributed by atoms with Crippen LogP contribution in [-0.2, 0) is 9.53 Å². The summed E-state index contributed by atoms with van der Waals surface area (Å²) < 4.78 is 6.14. The summed E-state index contributed by atoms with van der Waals surface area (Å²) in [5.41, 5.74) is 1.77. The third-order valence-electron chi connectivity index (χ3n) is 5.37. The Morgan fingerprint density at radius 1 is 1.29 bits per heavy atom. The second-order valence-electron chi connectivity index (χ2n) is 7.58. The molecule has 0 radical (unpaired) electrons. The fraction of sp³-hybridized carbons (Fsp3) is 0.650. The number of carboxylic acids is 1. The molecule has 0 amide bonds. The summed E-state index contributed by atoms with van der Waals surface area (Å²) in [5, 5.41) is 20.2. The van der Waals surface area contributed by atoms with E-state index in [1.165, 1.54) is 11.1 Å². The molecular formula is C20H30O4. The van der Waals surface area contributed by atoms with Gasteiger partial charge in [0.1, 0.15) is 0 Å². The van der Waals surface area contributed by atoms with Crippen molar-refractivity contribution in [1.29, 1.82) is 0 Å². The summed E-state index contributed by atoms with van der Waals surface area (Å²) in [6.07, 6.45) is 8.43. The van der Waals surface area contributed by atoms with Crippen molar-refractivity contribution in [1.82, 2.24) is 0 Å². The summed E-state index contributed by atoms with van der Waals surface area (Å²) in [5.74, 6) is -1.22. The second kappa shape index (κ2) is 7.66. The molecule has 0 aromatic carbocycles. The van der Waals surface area contributed by atoms with Crippen molar-refractivity contribution in [3.05, 3.63) is 35.5 Å². The fourth-order valence-electron chi connectivity index (χ4n) is 3.68. The minimum Gasteiger partial charge on any atom is -0.478 e. The van der Waals surface area contributed by atoms with Gasteiger partial charge in [-0.05, 0) is 59.3 Å². The zero-order chi connectivity index (χ0) is 17.9. The molecule has 2 bridgehead atoms. The third kappa shape index (κ3) is 4.58. The zero-order valence-corrected chi connectivity index (χ0v) is 15.0. The van der Waals surface area contributed by atoms with Crippen molar-refractivity contribution < 1.29 is 19.7 Å². The molecule has 1 saturated heterocycles. The SMILES string of the molecule is C=C(C(=O)O)[C@@H]1C[C@H]2O[C@H]1CC(C)=CCCC(C)=CCC[C@@]2(C)O. The molecule has 1 fully saturated rings. The molecule has 4 nitrogen and oxygen atoms in total. The van der Waals surface area contributed by atoms with Gasteiger partial charge in [-0.25, -0.2) is 4.79 Å². The molecule has 4 atom stereocenters. The topological polar surface area (TPSA) is 66.8 Å². The van der Waals surface area contributed by atoms with Gasteiger partial charge in [0.2, 0.25) is 0 Å². The van der Waals surface area contributed by atoms with Gasteiger partial charge in [-0.15, -0.1) is 0 Å². The highest BCUT2D eigenvalue weighted by molar-refractivity contribution is 5.86. The molecule has 0 aliphatic carbocycles. The summed E-state index contributed by atoms with van der Waals surface area (Å²) in [7, 11) is 0. The molecule has 0 aromatic rings. The Labute approximate surface area is 144 Å². The highest BCUT2D eigenvalue weighted by Crippen LogP contribution is 2.40. The summed E-state index contributed by atoms with van der Waals surface area (Å²) in [4.78, 5) is 11.4. The number of carbonyl (C=O) groups is 1. The lowest BCUT2D eigenvalue weighted by molar-refractivity contribution is -0.133. The predicted octanol–water partition coefficient (Wildman–Crippen LogP) is 4.01. The minimum absolute atomic E-state index is 0.189. The molecule has 134 valence electrons. The van der Waals surface area contributed by atoms with Crippen LogP contribution >= 0.6 is 0 Å². The van der Waals surface area contributed by atoms with Gasteiger partial charge < -0.3 is 14.9 Å². The second-order valence-corrected chi connectivity index (χ2v) is 7.58. The average molecular weight is 334 g/mol. The molecule has 0 aromatic heterocycles. The first-order valence-electron chi connectivity index (χ1n) is 8.82.